The van der Waals surface area contributed by atoms with E-state index in [1.54, 1.807) is 4.90 Å². The van der Waals surface area contributed by atoms with Crippen LogP contribution < -0.4 is 0 Å². The third-order valence-electron chi connectivity index (χ3n) is 6.50. The highest BCUT2D eigenvalue weighted by molar-refractivity contribution is 5.79. The van der Waals surface area contributed by atoms with E-state index in [1.165, 1.54) is 11.3 Å². The maximum atomic E-state index is 13.2. The summed E-state index contributed by atoms with van der Waals surface area (Å²) in [7, 11) is 1.82. The van der Waals surface area contributed by atoms with Gasteiger partial charge in [-0.3, -0.25) is 9.69 Å². The molecule has 2 heterocycles. The number of likely N-dealkylation sites (N-methyl/N-ethyl adjacent to an activating group) is 1. The molecule has 1 saturated carbocycles. The van der Waals surface area contributed by atoms with Gasteiger partial charge in [-0.15, -0.1) is 0 Å². The molecule has 0 N–H and O–H groups in total. The minimum atomic E-state index is -0.631. The van der Waals surface area contributed by atoms with E-state index in [1.807, 2.05) is 13.1 Å². The van der Waals surface area contributed by atoms with Crippen LogP contribution in [0.2, 0.25) is 0 Å². The van der Waals surface area contributed by atoms with Crippen LogP contribution in [-0.2, 0) is 11.3 Å². The minimum absolute atomic E-state index is 0.0457. The second-order valence-corrected chi connectivity index (χ2v) is 8.07. The van der Waals surface area contributed by atoms with E-state index in [0.717, 1.165) is 45.2 Å². The van der Waals surface area contributed by atoms with Crippen LogP contribution in [0.15, 0.2) is 48.7 Å². The maximum absolute atomic E-state index is 13.2. The Morgan fingerprint density at radius 1 is 1.14 bits per heavy atom. The average Bonchev–Trinajstić information content (AvgIpc) is 3.23. The van der Waals surface area contributed by atoms with Gasteiger partial charge in [0.2, 0.25) is 5.91 Å². The average molecular weight is 377 g/mol. The van der Waals surface area contributed by atoms with Gasteiger partial charge in [0.15, 0.2) is 0 Å². The summed E-state index contributed by atoms with van der Waals surface area (Å²) in [5.41, 5.74) is 1.79. The lowest BCUT2D eigenvalue weighted by atomic mass is 9.81. The first kappa shape index (κ1) is 18.8. The Morgan fingerprint density at radius 2 is 1.89 bits per heavy atom. The molecule has 0 spiro atoms. The number of nitriles is 1. The highest BCUT2D eigenvalue weighted by atomic mass is 16.2. The summed E-state index contributed by atoms with van der Waals surface area (Å²) in [6, 6.07) is 17.1. The molecule has 2 aliphatic rings. The van der Waals surface area contributed by atoms with Crippen LogP contribution >= 0.6 is 0 Å². The molecule has 0 bridgehead atoms. The number of rotatable bonds is 4. The number of fused-ring (bicyclic) bond motifs is 1. The highest BCUT2D eigenvalue weighted by Gasteiger charge is 2.40. The van der Waals surface area contributed by atoms with Crippen molar-refractivity contribution in [3.63, 3.8) is 0 Å². The Morgan fingerprint density at radius 3 is 2.61 bits per heavy atom. The summed E-state index contributed by atoms with van der Waals surface area (Å²) in [5.74, 6) is 0.0457. The molecule has 1 aliphatic heterocycles. The molecule has 1 aromatic heterocycles. The zero-order valence-corrected chi connectivity index (χ0v) is 16.6. The number of nitrogens with zero attached hydrogens (tertiary/aromatic N) is 4. The summed E-state index contributed by atoms with van der Waals surface area (Å²) in [6.45, 7) is 2.04. The Labute approximate surface area is 167 Å². The molecule has 1 aromatic carbocycles. The first-order valence-electron chi connectivity index (χ1n) is 10.3. The standard InChI is InChI=1S/C23H28N4O/c1-25(23(18-24)12-6-3-7-13-23)21(28)17-27-16-15-26-14-8-11-20(26)22(27)19-9-4-2-5-10-19/h2,4-5,8-11,14,22H,3,6-7,12-13,15-17H2,1H3/t22-/m0/s1. The minimum Gasteiger partial charge on any atom is -0.348 e. The van der Waals surface area contributed by atoms with E-state index in [0.29, 0.717) is 6.54 Å². The number of amides is 1. The molecule has 0 unspecified atom stereocenters. The molecule has 4 rings (SSSR count). The quantitative estimate of drug-likeness (QED) is 0.820. The van der Waals surface area contributed by atoms with Crippen LogP contribution in [0.3, 0.4) is 0 Å². The van der Waals surface area contributed by atoms with Crippen LogP contribution in [0.5, 0.6) is 0 Å². The fourth-order valence-corrected chi connectivity index (χ4v) is 4.80. The second-order valence-electron chi connectivity index (χ2n) is 8.07. The summed E-state index contributed by atoms with van der Waals surface area (Å²) >= 11 is 0. The molecule has 28 heavy (non-hydrogen) atoms. The molecule has 1 aliphatic carbocycles. The van der Waals surface area contributed by atoms with Crippen molar-refractivity contribution in [2.45, 2.75) is 50.2 Å². The highest BCUT2D eigenvalue weighted by Crippen LogP contribution is 2.35. The smallest absolute Gasteiger partial charge is 0.237 e. The summed E-state index contributed by atoms with van der Waals surface area (Å²) in [4.78, 5) is 17.2. The molecule has 1 atom stereocenters. The number of aromatic nitrogens is 1. The normalized spacial score (nSPS) is 21.5. The number of carbonyl (C=O) groups excluding carboxylic acids is 1. The topological polar surface area (TPSA) is 52.3 Å². The SMILES string of the molecule is CN(C(=O)CN1CCn2cccc2[C@@H]1c1ccccc1)C1(C#N)CCCCC1. The van der Waals surface area contributed by atoms with Crippen molar-refractivity contribution in [3.8, 4) is 6.07 Å². The maximum Gasteiger partial charge on any atom is 0.237 e. The van der Waals surface area contributed by atoms with Crippen LogP contribution in [0, 0.1) is 11.3 Å². The molecular formula is C23H28N4O. The van der Waals surface area contributed by atoms with Gasteiger partial charge in [0.1, 0.15) is 5.54 Å². The van der Waals surface area contributed by atoms with Gasteiger partial charge in [-0.05, 0) is 30.5 Å². The summed E-state index contributed by atoms with van der Waals surface area (Å²) in [6.07, 6.45) is 6.89. The second kappa shape index (κ2) is 7.81. The van der Waals surface area contributed by atoms with E-state index in [-0.39, 0.29) is 11.9 Å². The van der Waals surface area contributed by atoms with Crippen LogP contribution in [0.4, 0.5) is 0 Å². The van der Waals surface area contributed by atoms with Gasteiger partial charge in [-0.1, -0.05) is 49.6 Å². The molecule has 2 aromatic rings. The lowest BCUT2D eigenvalue weighted by Crippen LogP contribution is -2.53. The van der Waals surface area contributed by atoms with E-state index >= 15 is 0 Å². The van der Waals surface area contributed by atoms with E-state index < -0.39 is 5.54 Å². The Hall–Kier alpha value is -2.58. The lowest BCUT2D eigenvalue weighted by molar-refractivity contribution is -0.136. The fourth-order valence-electron chi connectivity index (χ4n) is 4.80. The van der Waals surface area contributed by atoms with Gasteiger partial charge in [0.25, 0.3) is 0 Å². The molecule has 0 radical (unpaired) electrons. The third-order valence-corrected chi connectivity index (χ3v) is 6.50. The molecule has 1 amide bonds. The van der Waals surface area contributed by atoms with Crippen molar-refractivity contribution in [2.75, 3.05) is 20.1 Å². The molecule has 5 heteroatoms. The van der Waals surface area contributed by atoms with Gasteiger partial charge >= 0.3 is 0 Å². The Balaban J connectivity index is 1.58. The van der Waals surface area contributed by atoms with Gasteiger partial charge < -0.3 is 9.47 Å². The van der Waals surface area contributed by atoms with Crippen molar-refractivity contribution in [1.82, 2.24) is 14.4 Å². The zero-order chi connectivity index (χ0) is 19.6. The Kier molecular flexibility index (Phi) is 5.23. The first-order valence-corrected chi connectivity index (χ1v) is 10.3. The third kappa shape index (κ3) is 3.33. The van der Waals surface area contributed by atoms with Crippen molar-refractivity contribution in [3.05, 3.63) is 59.9 Å². The monoisotopic (exact) mass is 376 g/mol. The lowest BCUT2D eigenvalue weighted by Gasteiger charge is -2.42. The number of hydrogen-bond donors (Lipinski definition) is 0. The van der Waals surface area contributed by atoms with Crippen LogP contribution in [0.25, 0.3) is 0 Å². The predicted octanol–water partition coefficient (Wildman–Crippen LogP) is 3.58. The molecular weight excluding hydrogens is 348 g/mol. The summed E-state index contributed by atoms with van der Waals surface area (Å²) < 4.78 is 2.28. The van der Waals surface area contributed by atoms with E-state index in [9.17, 15) is 10.1 Å². The largest absolute Gasteiger partial charge is 0.348 e. The molecule has 0 saturated heterocycles. The Bertz CT molecular complexity index is 860. The number of hydrogen-bond acceptors (Lipinski definition) is 3. The van der Waals surface area contributed by atoms with Crippen molar-refractivity contribution in [1.29, 1.82) is 5.26 Å². The van der Waals surface area contributed by atoms with Crippen LogP contribution in [0.1, 0.15) is 49.4 Å². The van der Waals surface area contributed by atoms with Gasteiger partial charge in [0.05, 0.1) is 18.7 Å². The zero-order valence-electron chi connectivity index (χ0n) is 16.6. The van der Waals surface area contributed by atoms with E-state index in [2.05, 4.69) is 58.1 Å². The van der Waals surface area contributed by atoms with Crippen LogP contribution in [-0.4, -0.2) is 46.0 Å². The van der Waals surface area contributed by atoms with E-state index in [4.69, 9.17) is 0 Å². The van der Waals surface area contributed by atoms with Crippen molar-refractivity contribution in [2.24, 2.45) is 0 Å². The molecule has 5 nitrogen and oxygen atoms in total. The number of benzene rings is 1. The first-order chi connectivity index (χ1) is 13.6. The fraction of sp³-hybridized carbons (Fsp3) is 0.478. The van der Waals surface area contributed by atoms with Crippen molar-refractivity contribution >= 4 is 5.91 Å². The predicted molar refractivity (Wildman–Crippen MR) is 108 cm³/mol. The summed E-state index contributed by atoms with van der Waals surface area (Å²) in [5, 5.41) is 9.84. The van der Waals surface area contributed by atoms with Gasteiger partial charge in [-0.25, -0.2) is 0 Å². The van der Waals surface area contributed by atoms with Crippen molar-refractivity contribution < 1.29 is 4.79 Å². The van der Waals surface area contributed by atoms with Gasteiger partial charge in [0, 0.05) is 32.0 Å². The number of carbonyl (C=O) groups is 1. The molecule has 1 fully saturated rings. The molecule has 146 valence electrons. The van der Waals surface area contributed by atoms with Gasteiger partial charge in [-0.2, -0.15) is 5.26 Å².